The fourth-order valence-electron chi connectivity index (χ4n) is 10.5. The molecule has 1 N–H and O–H groups in total. The molecule has 7 aromatic rings. The van der Waals surface area contributed by atoms with Gasteiger partial charge in [0.15, 0.2) is 5.60 Å². The third-order valence-electron chi connectivity index (χ3n) is 13.8. The Bertz CT molecular complexity index is 2850. The van der Waals surface area contributed by atoms with Gasteiger partial charge < -0.3 is 19.5 Å². The van der Waals surface area contributed by atoms with Crippen LogP contribution in [0.5, 0.6) is 5.75 Å². The molecular formula is C54H54N6O6Si. The Morgan fingerprint density at radius 3 is 2.01 bits per heavy atom. The maximum atomic E-state index is 15.9. The molecular weight excluding hydrogens is 857 g/mol. The summed E-state index contributed by atoms with van der Waals surface area (Å²) < 4.78 is 14.9. The normalized spacial score (nSPS) is 19.3. The quantitative estimate of drug-likeness (QED) is 0.0709. The lowest BCUT2D eigenvalue weighted by Crippen LogP contribution is -2.51. The van der Waals surface area contributed by atoms with Crippen LogP contribution in [0.3, 0.4) is 0 Å². The molecule has 1 fully saturated rings. The second kappa shape index (κ2) is 19.0. The molecule has 2 aliphatic rings. The van der Waals surface area contributed by atoms with Gasteiger partial charge in [-0.25, -0.2) is 0 Å². The summed E-state index contributed by atoms with van der Waals surface area (Å²) >= 11 is 0. The number of nitrogens with zero attached hydrogens (tertiary/aromatic N) is 6. The number of methoxy groups -OCH3 is 1. The van der Waals surface area contributed by atoms with Crippen LogP contribution in [-0.4, -0.2) is 66.7 Å². The van der Waals surface area contributed by atoms with E-state index in [-0.39, 0.29) is 36.4 Å². The Morgan fingerprint density at radius 1 is 0.791 bits per heavy atom. The second-order valence-corrected chi connectivity index (χ2v) is 22.6. The maximum absolute atomic E-state index is 15.9. The third-order valence-corrected chi connectivity index (χ3v) is 18.2. The number of para-hydroxylation sites is 2. The predicted molar refractivity (Wildman–Crippen MR) is 263 cm³/mol. The predicted octanol–water partition coefficient (Wildman–Crippen LogP) is 8.85. The van der Waals surface area contributed by atoms with Crippen LogP contribution in [0.1, 0.15) is 41.6 Å². The van der Waals surface area contributed by atoms with Gasteiger partial charge in [-0.05, 0) is 89.8 Å². The van der Waals surface area contributed by atoms with Crippen LogP contribution >= 0.6 is 0 Å². The van der Waals surface area contributed by atoms with E-state index < -0.39 is 19.8 Å². The molecule has 67 heavy (non-hydrogen) atoms. The Hall–Kier alpha value is -7.19. The van der Waals surface area contributed by atoms with Crippen molar-refractivity contribution in [1.82, 2.24) is 15.0 Å². The van der Waals surface area contributed by atoms with E-state index in [0.29, 0.717) is 47.0 Å². The lowest BCUT2D eigenvalue weighted by Gasteiger charge is -2.37. The summed E-state index contributed by atoms with van der Waals surface area (Å²) in [6, 6.07) is 50.3. The number of anilines is 5. The van der Waals surface area contributed by atoms with Crippen LogP contribution in [0, 0.1) is 5.92 Å². The van der Waals surface area contributed by atoms with Crippen molar-refractivity contribution in [3.8, 4) is 5.75 Å². The number of carbonyl (C=O) groups is 3. The molecule has 5 atom stereocenters. The van der Waals surface area contributed by atoms with E-state index in [1.54, 1.807) is 26.5 Å². The van der Waals surface area contributed by atoms with Crippen LogP contribution in [0.4, 0.5) is 28.4 Å². The number of ether oxygens (including phenoxy) is 2. The van der Waals surface area contributed by atoms with Gasteiger partial charge in [-0.3, -0.25) is 28.9 Å². The third kappa shape index (κ3) is 8.34. The monoisotopic (exact) mass is 910 g/mol. The van der Waals surface area contributed by atoms with Crippen molar-refractivity contribution >= 4 is 60.4 Å². The minimum absolute atomic E-state index is 0.0783. The molecule has 3 heterocycles. The molecule has 12 nitrogen and oxygen atoms in total. The van der Waals surface area contributed by atoms with Crippen LogP contribution in [0.25, 0.3) is 0 Å². The smallest absolute Gasteiger partial charge is 0.264 e. The summed E-state index contributed by atoms with van der Waals surface area (Å²) in [6.45, 7) is 7.39. The molecule has 2 aliphatic heterocycles. The van der Waals surface area contributed by atoms with Crippen molar-refractivity contribution < 1.29 is 29.0 Å². The molecule has 6 aromatic carbocycles. The highest BCUT2D eigenvalue weighted by molar-refractivity contribution is 6.91. The van der Waals surface area contributed by atoms with E-state index in [1.807, 2.05) is 152 Å². The average molecular weight is 911 g/mol. The number of aromatic nitrogens is 3. The van der Waals surface area contributed by atoms with E-state index in [2.05, 4.69) is 42.5 Å². The van der Waals surface area contributed by atoms with Gasteiger partial charge >= 0.3 is 0 Å². The van der Waals surface area contributed by atoms with Gasteiger partial charge in [0.1, 0.15) is 5.75 Å². The molecule has 0 aliphatic carbocycles. The SMILES string of the molecule is COc1ccc([Si](C)(C)[C@@H]2[C@@H](CCn3cc(C(CO)c4ccccc4)nn3)O[C@]3(C(=O)N(Cc4cccc(N(C=O)c5ccccc5)c4)c4ccc(N(C=O)c5ccccc5)cc43)[C@H]2C)cc1. The van der Waals surface area contributed by atoms with E-state index >= 15 is 4.79 Å². The minimum atomic E-state index is -2.54. The number of carbonyl (C=O) groups excluding carboxylic acids is 3. The van der Waals surface area contributed by atoms with Gasteiger partial charge in [-0.1, -0.05) is 121 Å². The number of hydrogen-bond acceptors (Lipinski definition) is 8. The van der Waals surface area contributed by atoms with Crippen molar-refractivity contribution in [1.29, 1.82) is 0 Å². The summed E-state index contributed by atoms with van der Waals surface area (Å²) in [7, 11) is -0.876. The van der Waals surface area contributed by atoms with Gasteiger partial charge in [0.2, 0.25) is 12.8 Å². The second-order valence-electron chi connectivity index (χ2n) is 17.9. The van der Waals surface area contributed by atoms with Crippen molar-refractivity contribution in [3.63, 3.8) is 0 Å². The Labute approximate surface area is 392 Å². The van der Waals surface area contributed by atoms with Crippen LogP contribution in [-0.2, 0) is 37.8 Å². The first-order valence-corrected chi connectivity index (χ1v) is 25.7. The van der Waals surface area contributed by atoms with Crippen LogP contribution < -0.4 is 24.6 Å². The summed E-state index contributed by atoms with van der Waals surface area (Å²) in [6.07, 6.45) is 3.61. The number of aliphatic hydroxyl groups is 1. The number of fused-ring (bicyclic) bond motifs is 2. The standard InChI is InChI=1S/C54H54N6O6Si/c1-38-52(67(3,4)46-26-24-45(65-2)25-27-46)51(29-30-57-34-49(55-56-57)47(35-61)40-16-8-5-9-17-40)66-54(38)48-32-44(60(37-63)42-20-12-7-13-21-42)23-28-50(48)58(53(54)64)33-39-15-14-22-43(31-39)59(36-62)41-18-10-6-11-19-41/h5-28,31-32,34,36-38,47,51-52,61H,29-30,33,35H2,1-4H3/t38-,47?,51+,52-,54+/m0/s1. The summed E-state index contributed by atoms with van der Waals surface area (Å²) in [5.41, 5.74) is 5.02. The molecule has 340 valence electrons. The van der Waals surface area contributed by atoms with E-state index in [1.165, 1.54) is 5.19 Å². The molecule has 13 heteroatoms. The molecule has 0 radical (unpaired) electrons. The topological polar surface area (TPSA) is 130 Å². The first-order chi connectivity index (χ1) is 32.6. The molecule has 1 spiro atoms. The fourth-order valence-corrected chi connectivity index (χ4v) is 14.5. The van der Waals surface area contributed by atoms with E-state index in [0.717, 1.165) is 35.4 Å². The highest BCUT2D eigenvalue weighted by Crippen LogP contribution is 2.60. The molecule has 1 unspecified atom stereocenters. The molecule has 1 saturated heterocycles. The molecule has 1 aromatic heterocycles. The zero-order valence-corrected chi connectivity index (χ0v) is 39.1. The van der Waals surface area contributed by atoms with Crippen molar-refractivity contribution in [3.05, 3.63) is 186 Å². The molecule has 0 bridgehead atoms. The van der Waals surface area contributed by atoms with Gasteiger partial charge in [0, 0.05) is 47.0 Å². The highest BCUT2D eigenvalue weighted by atomic mass is 28.3. The number of benzene rings is 6. The molecule has 0 saturated carbocycles. The highest BCUT2D eigenvalue weighted by Gasteiger charge is 2.66. The number of amides is 3. The Balaban J connectivity index is 1.13. The Kier molecular flexibility index (Phi) is 12.7. The number of aryl methyl sites for hydroxylation is 1. The largest absolute Gasteiger partial charge is 0.497 e. The van der Waals surface area contributed by atoms with Crippen LogP contribution in [0.15, 0.2) is 164 Å². The summed E-state index contributed by atoms with van der Waals surface area (Å²) in [5, 5.41) is 20.7. The first kappa shape index (κ1) is 45.0. The summed E-state index contributed by atoms with van der Waals surface area (Å²) in [4.78, 5) is 46.3. The number of hydrogen-bond donors (Lipinski definition) is 1. The lowest BCUT2D eigenvalue weighted by molar-refractivity contribution is -0.146. The number of aliphatic hydroxyl groups excluding tert-OH is 1. The van der Waals surface area contributed by atoms with Gasteiger partial charge in [0.25, 0.3) is 5.91 Å². The number of rotatable bonds is 17. The zero-order chi connectivity index (χ0) is 46.7. The first-order valence-electron chi connectivity index (χ1n) is 22.6. The van der Waals surface area contributed by atoms with Crippen LogP contribution in [0.2, 0.25) is 18.6 Å². The average Bonchev–Trinajstić information content (AvgIpc) is 4.02. The van der Waals surface area contributed by atoms with Crippen molar-refractivity contribution in [2.75, 3.05) is 28.4 Å². The maximum Gasteiger partial charge on any atom is 0.264 e. The van der Waals surface area contributed by atoms with E-state index in [9.17, 15) is 14.7 Å². The van der Waals surface area contributed by atoms with Gasteiger partial charge in [-0.15, -0.1) is 5.10 Å². The van der Waals surface area contributed by atoms with Gasteiger partial charge in [0.05, 0.1) is 51.7 Å². The minimum Gasteiger partial charge on any atom is -0.497 e. The zero-order valence-electron chi connectivity index (χ0n) is 38.1. The molecule has 9 rings (SSSR count). The van der Waals surface area contributed by atoms with Gasteiger partial charge in [-0.2, -0.15) is 0 Å². The molecule has 3 amide bonds. The van der Waals surface area contributed by atoms with Crippen molar-refractivity contribution in [2.24, 2.45) is 5.92 Å². The fraction of sp³-hybridized carbons (Fsp3) is 0.241. The summed E-state index contributed by atoms with van der Waals surface area (Å²) in [5.74, 6) is -0.0761. The lowest BCUT2D eigenvalue weighted by atomic mass is 9.82. The van der Waals surface area contributed by atoms with Crippen molar-refractivity contribution in [2.45, 2.75) is 62.7 Å². The Morgan fingerprint density at radius 2 is 1.40 bits per heavy atom. The van der Waals surface area contributed by atoms with E-state index in [4.69, 9.17) is 9.47 Å².